The van der Waals surface area contributed by atoms with Crippen molar-refractivity contribution in [3.05, 3.63) is 52.8 Å². The number of nitrogens with one attached hydrogen (secondary N) is 1. The number of carbonyl (C=O) groups excluding carboxylic acids is 1. The number of rotatable bonds is 5. The number of halogens is 2. The molecule has 0 fully saturated rings. The van der Waals surface area contributed by atoms with Gasteiger partial charge in [-0.15, -0.1) is 0 Å². The van der Waals surface area contributed by atoms with Gasteiger partial charge in [-0.05, 0) is 24.1 Å². The highest BCUT2D eigenvalue weighted by Crippen LogP contribution is 2.15. The van der Waals surface area contributed by atoms with E-state index in [0.717, 1.165) is 6.54 Å². The summed E-state index contributed by atoms with van der Waals surface area (Å²) < 4.78 is 16.2. The first-order valence-corrected chi connectivity index (χ1v) is 7.04. The van der Waals surface area contributed by atoms with Crippen LogP contribution in [0.1, 0.15) is 17.3 Å². The summed E-state index contributed by atoms with van der Waals surface area (Å²) in [6, 6.07) is 4.31. The Bertz CT molecular complexity index is 586. The Labute approximate surface area is 125 Å². The molecule has 0 spiro atoms. The lowest BCUT2D eigenvalue weighted by molar-refractivity contribution is 0.0942. The van der Waals surface area contributed by atoms with Crippen LogP contribution in [0.4, 0.5) is 4.39 Å². The summed E-state index contributed by atoms with van der Waals surface area (Å²) in [5.74, 6) is -0.697. The summed E-state index contributed by atoms with van der Waals surface area (Å²) >= 11 is 3.23. The van der Waals surface area contributed by atoms with E-state index in [2.05, 4.69) is 26.2 Å². The quantitative estimate of drug-likeness (QED) is 0.910. The monoisotopic (exact) mass is 339 g/mol. The molecule has 1 atom stereocenters. The molecule has 0 unspecified atom stereocenters. The van der Waals surface area contributed by atoms with Crippen LogP contribution in [0.3, 0.4) is 0 Å². The van der Waals surface area contributed by atoms with Gasteiger partial charge < -0.3 is 9.88 Å². The van der Waals surface area contributed by atoms with Crippen LogP contribution < -0.4 is 5.32 Å². The summed E-state index contributed by atoms with van der Waals surface area (Å²) in [6.45, 7) is 3.24. The van der Waals surface area contributed by atoms with Gasteiger partial charge in [-0.1, -0.05) is 22.9 Å². The zero-order valence-electron chi connectivity index (χ0n) is 11.0. The minimum Gasteiger partial charge on any atom is -0.352 e. The fraction of sp³-hybridized carbons (Fsp3) is 0.286. The number of benzene rings is 1. The first-order valence-electron chi connectivity index (χ1n) is 6.25. The van der Waals surface area contributed by atoms with Crippen molar-refractivity contribution >= 4 is 21.8 Å². The van der Waals surface area contributed by atoms with E-state index in [1.807, 2.05) is 17.7 Å². The molecular weight excluding hydrogens is 325 g/mol. The molecule has 0 aliphatic rings. The van der Waals surface area contributed by atoms with Crippen molar-refractivity contribution < 1.29 is 9.18 Å². The first kappa shape index (κ1) is 14.7. The Hall–Kier alpha value is -1.69. The van der Waals surface area contributed by atoms with Crippen molar-refractivity contribution in [3.63, 3.8) is 0 Å². The second kappa shape index (κ2) is 6.65. The number of aromatic nitrogens is 2. The van der Waals surface area contributed by atoms with Gasteiger partial charge in [0.2, 0.25) is 0 Å². The highest BCUT2D eigenvalue weighted by Gasteiger charge is 2.13. The molecule has 1 aromatic carbocycles. The lowest BCUT2D eigenvalue weighted by Gasteiger charge is -2.13. The van der Waals surface area contributed by atoms with Crippen molar-refractivity contribution in [2.45, 2.75) is 13.5 Å². The normalized spacial score (nSPS) is 12.2. The van der Waals surface area contributed by atoms with Crippen LogP contribution in [0, 0.1) is 11.7 Å². The standard InChI is InChI=1S/C14H15BrFN3O/c1-10(8-19-5-4-17-9-19)7-18-14(20)12-6-11(15)2-3-13(12)16/h2-6,9-10H,7-8H2,1H3,(H,18,20)/t10-/m1/s1. The van der Waals surface area contributed by atoms with Gasteiger partial charge in [0, 0.05) is 30.0 Å². The minimum atomic E-state index is -0.520. The molecule has 106 valence electrons. The van der Waals surface area contributed by atoms with Gasteiger partial charge in [0.25, 0.3) is 5.91 Å². The van der Waals surface area contributed by atoms with E-state index < -0.39 is 11.7 Å². The molecule has 4 nitrogen and oxygen atoms in total. The number of imidazole rings is 1. The lowest BCUT2D eigenvalue weighted by Crippen LogP contribution is -2.30. The number of nitrogens with zero attached hydrogens (tertiary/aromatic N) is 2. The van der Waals surface area contributed by atoms with E-state index in [0.29, 0.717) is 11.0 Å². The van der Waals surface area contributed by atoms with Crippen LogP contribution in [-0.4, -0.2) is 22.0 Å². The highest BCUT2D eigenvalue weighted by molar-refractivity contribution is 9.10. The molecule has 1 aromatic heterocycles. The van der Waals surface area contributed by atoms with Crippen molar-refractivity contribution in [2.75, 3.05) is 6.54 Å². The second-order valence-corrected chi connectivity index (χ2v) is 5.61. The third kappa shape index (κ3) is 3.90. The lowest BCUT2D eigenvalue weighted by atomic mass is 10.1. The molecule has 2 aromatic rings. The average Bonchev–Trinajstić information content (AvgIpc) is 2.91. The Balaban J connectivity index is 1.90. The summed E-state index contributed by atoms with van der Waals surface area (Å²) in [7, 11) is 0. The number of carbonyl (C=O) groups is 1. The molecule has 20 heavy (non-hydrogen) atoms. The zero-order valence-corrected chi connectivity index (χ0v) is 12.6. The summed E-state index contributed by atoms with van der Waals surface area (Å²) in [4.78, 5) is 15.9. The van der Waals surface area contributed by atoms with Gasteiger partial charge in [0.15, 0.2) is 0 Å². The van der Waals surface area contributed by atoms with Gasteiger partial charge in [-0.2, -0.15) is 0 Å². The molecule has 1 heterocycles. The molecule has 0 bridgehead atoms. The third-order valence-electron chi connectivity index (χ3n) is 2.87. The van der Waals surface area contributed by atoms with Gasteiger partial charge in [0.05, 0.1) is 11.9 Å². The molecule has 0 aliphatic carbocycles. The van der Waals surface area contributed by atoms with Crippen molar-refractivity contribution in [1.82, 2.24) is 14.9 Å². The van der Waals surface area contributed by atoms with Crippen LogP contribution in [0.15, 0.2) is 41.4 Å². The molecule has 1 N–H and O–H groups in total. The fourth-order valence-electron chi connectivity index (χ4n) is 1.85. The average molecular weight is 340 g/mol. The molecule has 6 heteroatoms. The smallest absolute Gasteiger partial charge is 0.254 e. The van der Waals surface area contributed by atoms with E-state index in [1.54, 1.807) is 18.6 Å². The highest BCUT2D eigenvalue weighted by atomic mass is 79.9. The predicted molar refractivity (Wildman–Crippen MR) is 77.8 cm³/mol. The molecular formula is C14H15BrFN3O. The van der Waals surface area contributed by atoms with Crippen molar-refractivity contribution in [3.8, 4) is 0 Å². The maximum atomic E-state index is 13.6. The largest absolute Gasteiger partial charge is 0.352 e. The summed E-state index contributed by atoms with van der Waals surface area (Å²) in [6.07, 6.45) is 5.31. The van der Waals surface area contributed by atoms with Crippen molar-refractivity contribution in [1.29, 1.82) is 0 Å². The van der Waals surface area contributed by atoms with Gasteiger partial charge in [0.1, 0.15) is 5.82 Å². The van der Waals surface area contributed by atoms with Crippen LogP contribution >= 0.6 is 15.9 Å². The number of amides is 1. The Kier molecular flexibility index (Phi) is 4.89. The van der Waals surface area contributed by atoms with Gasteiger partial charge in [-0.25, -0.2) is 9.37 Å². The third-order valence-corrected chi connectivity index (χ3v) is 3.36. The van der Waals surface area contributed by atoms with Crippen LogP contribution in [-0.2, 0) is 6.54 Å². The first-order chi connectivity index (χ1) is 9.56. The Morgan fingerprint density at radius 2 is 2.35 bits per heavy atom. The number of hydrogen-bond donors (Lipinski definition) is 1. The van der Waals surface area contributed by atoms with E-state index >= 15 is 0 Å². The van der Waals surface area contributed by atoms with E-state index in [9.17, 15) is 9.18 Å². The predicted octanol–water partition coefficient (Wildman–Crippen LogP) is 2.85. The molecule has 0 radical (unpaired) electrons. The van der Waals surface area contributed by atoms with E-state index in [4.69, 9.17) is 0 Å². The zero-order chi connectivity index (χ0) is 14.5. The fourth-order valence-corrected chi connectivity index (χ4v) is 2.21. The summed E-state index contributed by atoms with van der Waals surface area (Å²) in [5, 5.41) is 2.75. The van der Waals surface area contributed by atoms with E-state index in [1.165, 1.54) is 12.1 Å². The SMILES string of the molecule is C[C@H](CNC(=O)c1cc(Br)ccc1F)Cn1ccnc1. The van der Waals surface area contributed by atoms with Crippen LogP contribution in [0.5, 0.6) is 0 Å². The Morgan fingerprint density at radius 3 is 3.05 bits per heavy atom. The molecule has 0 saturated heterocycles. The minimum absolute atomic E-state index is 0.0502. The maximum absolute atomic E-state index is 13.6. The molecule has 0 aliphatic heterocycles. The Morgan fingerprint density at radius 1 is 1.55 bits per heavy atom. The van der Waals surface area contributed by atoms with Gasteiger partial charge in [-0.3, -0.25) is 4.79 Å². The van der Waals surface area contributed by atoms with Crippen LogP contribution in [0.25, 0.3) is 0 Å². The van der Waals surface area contributed by atoms with Crippen LogP contribution in [0.2, 0.25) is 0 Å². The van der Waals surface area contributed by atoms with E-state index in [-0.39, 0.29) is 11.5 Å². The molecule has 1 amide bonds. The summed E-state index contributed by atoms with van der Waals surface area (Å²) in [5.41, 5.74) is 0.0502. The maximum Gasteiger partial charge on any atom is 0.254 e. The molecule has 2 rings (SSSR count). The topological polar surface area (TPSA) is 46.9 Å². The molecule has 0 saturated carbocycles. The van der Waals surface area contributed by atoms with Gasteiger partial charge >= 0.3 is 0 Å². The second-order valence-electron chi connectivity index (χ2n) is 4.70. The number of hydrogen-bond acceptors (Lipinski definition) is 2. The van der Waals surface area contributed by atoms with Crippen molar-refractivity contribution in [2.24, 2.45) is 5.92 Å².